The number of hydrogen-bond donors (Lipinski definition) is 0. The van der Waals surface area contributed by atoms with Gasteiger partial charge in [0, 0.05) is 23.7 Å². The van der Waals surface area contributed by atoms with Crippen LogP contribution in [-0.4, -0.2) is 0 Å². The molecule has 190 valence electrons. The van der Waals surface area contributed by atoms with Crippen molar-refractivity contribution in [3.8, 4) is 0 Å². The zero-order chi connectivity index (χ0) is 26.5. The van der Waals surface area contributed by atoms with Crippen LogP contribution in [0.2, 0.25) is 0 Å². The molecule has 0 radical (unpaired) electrons. The van der Waals surface area contributed by atoms with Gasteiger partial charge in [0.25, 0.3) is 0 Å². The predicted molar refractivity (Wildman–Crippen MR) is 172 cm³/mol. The maximum atomic E-state index is 2.42. The molecule has 0 heteroatoms. The quantitative estimate of drug-likeness (QED) is 0.202. The summed E-state index contributed by atoms with van der Waals surface area (Å²) < 4.78 is 0. The molecule has 2 atom stereocenters. The van der Waals surface area contributed by atoms with Crippen molar-refractivity contribution in [3.05, 3.63) is 169 Å². The Morgan fingerprint density at radius 1 is 0.350 bits per heavy atom. The zero-order valence-electron chi connectivity index (χ0n) is 22.3. The van der Waals surface area contributed by atoms with Gasteiger partial charge in [-0.05, 0) is 66.3 Å². The predicted octanol–water partition coefficient (Wildman–Crippen LogP) is 10.7. The molecule has 0 amide bonds. The van der Waals surface area contributed by atoms with Crippen molar-refractivity contribution in [2.75, 3.05) is 0 Å². The molecule has 0 N–H and O–H groups in total. The fourth-order valence-electron chi connectivity index (χ4n) is 7.42. The number of benzene rings is 6. The number of allylic oxidation sites excluding steroid dienone is 8. The largest absolute Gasteiger partial charge is 0.0770 e. The molecule has 0 aliphatic heterocycles. The highest BCUT2D eigenvalue weighted by molar-refractivity contribution is 6.05. The number of fused-ring (bicyclic) bond motifs is 4. The van der Waals surface area contributed by atoms with Crippen molar-refractivity contribution in [1.29, 1.82) is 0 Å². The number of hydrogen-bond acceptors (Lipinski definition) is 0. The molecule has 0 nitrogen and oxygen atoms in total. The van der Waals surface area contributed by atoms with Crippen molar-refractivity contribution in [3.63, 3.8) is 0 Å². The van der Waals surface area contributed by atoms with Gasteiger partial charge in [-0.25, -0.2) is 0 Å². The normalized spacial score (nSPS) is 16.7. The summed E-state index contributed by atoms with van der Waals surface area (Å²) in [4.78, 5) is 0. The molecule has 0 saturated heterocycles. The Morgan fingerprint density at radius 3 is 0.925 bits per heavy atom. The first kappa shape index (κ1) is 23.2. The van der Waals surface area contributed by atoms with Gasteiger partial charge in [0.05, 0.1) is 0 Å². The van der Waals surface area contributed by atoms with Crippen molar-refractivity contribution >= 4 is 43.1 Å². The molecule has 0 saturated carbocycles. The summed E-state index contributed by atoms with van der Waals surface area (Å²) >= 11 is 0. The van der Waals surface area contributed by atoms with E-state index in [4.69, 9.17) is 0 Å². The van der Waals surface area contributed by atoms with Crippen molar-refractivity contribution in [2.24, 2.45) is 11.8 Å². The van der Waals surface area contributed by atoms with Gasteiger partial charge in [0.1, 0.15) is 0 Å². The van der Waals surface area contributed by atoms with Crippen LogP contribution in [0.5, 0.6) is 0 Å². The first-order valence-electron chi connectivity index (χ1n) is 14.4. The molecule has 0 fully saturated rings. The molecule has 8 rings (SSSR count). The van der Waals surface area contributed by atoms with Crippen LogP contribution in [-0.2, 0) is 0 Å². The van der Waals surface area contributed by atoms with Gasteiger partial charge in [-0.15, -0.1) is 0 Å². The summed E-state index contributed by atoms with van der Waals surface area (Å²) in [6, 6.07) is 40.7. The molecule has 0 spiro atoms. The van der Waals surface area contributed by atoms with Crippen molar-refractivity contribution in [2.45, 2.75) is 11.8 Å². The summed E-state index contributed by atoms with van der Waals surface area (Å²) in [5, 5.41) is 10.7. The standard InChI is InChI=1S/C40H30/c1-2-14-27(13-1)37(39-33-21-9-5-17-29(33)25-30-18-6-10-22-34(30)39)38(28-15-3-4-16-28)40-35-23-11-7-19-31(35)26-32-20-8-12-24-36(32)40/h1-28,37-38H/t37-,38+. The lowest BCUT2D eigenvalue weighted by atomic mass is 9.66. The molecule has 6 aromatic carbocycles. The minimum absolute atomic E-state index is 0.234. The van der Waals surface area contributed by atoms with E-state index in [1.54, 1.807) is 0 Å². The first-order valence-corrected chi connectivity index (χ1v) is 14.4. The number of rotatable bonds is 5. The van der Waals surface area contributed by atoms with Crippen LogP contribution in [0.3, 0.4) is 0 Å². The Labute approximate surface area is 235 Å². The second-order valence-electron chi connectivity index (χ2n) is 11.2. The van der Waals surface area contributed by atoms with Gasteiger partial charge in [-0.1, -0.05) is 146 Å². The topological polar surface area (TPSA) is 0 Å². The summed E-state index contributed by atoms with van der Waals surface area (Å²) in [6.07, 6.45) is 18.6. The van der Waals surface area contributed by atoms with E-state index in [-0.39, 0.29) is 11.8 Å². The average Bonchev–Trinajstić information content (AvgIpc) is 3.73. The van der Waals surface area contributed by atoms with Crippen molar-refractivity contribution in [1.82, 2.24) is 0 Å². The lowest BCUT2D eigenvalue weighted by Crippen LogP contribution is -2.24. The molecule has 0 unspecified atom stereocenters. The highest BCUT2D eigenvalue weighted by Crippen LogP contribution is 2.53. The highest BCUT2D eigenvalue weighted by Gasteiger charge is 2.38. The average molecular weight is 511 g/mol. The molecule has 0 aromatic heterocycles. The molecule has 0 bridgehead atoms. The maximum Gasteiger partial charge on any atom is 0.00282 e. The minimum Gasteiger partial charge on any atom is -0.0770 e. The van der Waals surface area contributed by atoms with Crippen LogP contribution in [0.4, 0.5) is 0 Å². The second-order valence-corrected chi connectivity index (χ2v) is 11.2. The third kappa shape index (κ3) is 3.67. The van der Waals surface area contributed by atoms with Crippen LogP contribution in [0.25, 0.3) is 43.1 Å². The first-order chi connectivity index (χ1) is 19.9. The molecule has 40 heavy (non-hydrogen) atoms. The monoisotopic (exact) mass is 510 g/mol. The van der Waals surface area contributed by atoms with Gasteiger partial charge in [0.2, 0.25) is 0 Å². The molecule has 2 aliphatic carbocycles. The Bertz CT molecular complexity index is 1750. The van der Waals surface area contributed by atoms with Crippen LogP contribution in [0.1, 0.15) is 23.0 Å². The fraction of sp³-hybridized carbons (Fsp3) is 0.100. The smallest absolute Gasteiger partial charge is 0.00282 e. The van der Waals surface area contributed by atoms with Crippen LogP contribution < -0.4 is 0 Å². The highest BCUT2D eigenvalue weighted by atomic mass is 14.4. The fourth-order valence-corrected chi connectivity index (χ4v) is 7.42. The van der Waals surface area contributed by atoms with Gasteiger partial charge in [0.15, 0.2) is 0 Å². The van der Waals surface area contributed by atoms with E-state index >= 15 is 0 Å². The van der Waals surface area contributed by atoms with Gasteiger partial charge >= 0.3 is 0 Å². The van der Waals surface area contributed by atoms with Crippen LogP contribution >= 0.6 is 0 Å². The molecule has 6 aromatic rings. The third-order valence-electron chi connectivity index (χ3n) is 9.06. The van der Waals surface area contributed by atoms with E-state index in [0.717, 1.165) is 0 Å². The maximum absolute atomic E-state index is 2.42. The van der Waals surface area contributed by atoms with E-state index in [1.165, 1.54) is 54.2 Å². The summed E-state index contributed by atoms with van der Waals surface area (Å²) in [6.45, 7) is 0. The van der Waals surface area contributed by atoms with Gasteiger partial charge in [-0.2, -0.15) is 0 Å². The molecular weight excluding hydrogens is 480 g/mol. The third-order valence-corrected chi connectivity index (χ3v) is 9.06. The zero-order valence-corrected chi connectivity index (χ0v) is 22.3. The van der Waals surface area contributed by atoms with Crippen LogP contribution in [0, 0.1) is 11.8 Å². The summed E-state index contributed by atoms with van der Waals surface area (Å²) in [7, 11) is 0. The van der Waals surface area contributed by atoms with Gasteiger partial charge in [-0.3, -0.25) is 0 Å². The Morgan fingerprint density at radius 2 is 0.625 bits per heavy atom. The van der Waals surface area contributed by atoms with E-state index < -0.39 is 0 Å². The van der Waals surface area contributed by atoms with E-state index in [0.29, 0.717) is 11.8 Å². The SMILES string of the molecule is C1=CC([C@@H](c2c3ccccc3cc3ccccc23)[C@@H](c2c3ccccc3cc3ccccc23)C2C=CC=C2)C=C1. The lowest BCUT2D eigenvalue weighted by Gasteiger charge is -2.37. The Balaban J connectivity index is 1.53. The molecular formula is C40H30. The van der Waals surface area contributed by atoms with Crippen molar-refractivity contribution < 1.29 is 0 Å². The second kappa shape index (κ2) is 9.50. The van der Waals surface area contributed by atoms with E-state index in [9.17, 15) is 0 Å². The Hall–Kier alpha value is -4.68. The molecule has 0 heterocycles. The van der Waals surface area contributed by atoms with Gasteiger partial charge < -0.3 is 0 Å². The Kier molecular flexibility index (Phi) is 5.52. The van der Waals surface area contributed by atoms with E-state index in [2.05, 4.69) is 158 Å². The molecule has 2 aliphatic rings. The lowest BCUT2D eigenvalue weighted by molar-refractivity contribution is 0.446. The van der Waals surface area contributed by atoms with E-state index in [1.807, 2.05) is 0 Å². The van der Waals surface area contributed by atoms with Crippen LogP contribution in [0.15, 0.2) is 158 Å². The summed E-state index contributed by atoms with van der Waals surface area (Å²) in [5.41, 5.74) is 2.93. The minimum atomic E-state index is 0.234. The summed E-state index contributed by atoms with van der Waals surface area (Å²) in [5.74, 6) is 1.05.